The lowest BCUT2D eigenvalue weighted by molar-refractivity contribution is 0.297. The first-order valence-corrected chi connectivity index (χ1v) is 5.39. The Morgan fingerprint density at radius 3 is 3.07 bits per heavy atom. The minimum atomic E-state index is -0.755. The van der Waals surface area contributed by atoms with Crippen molar-refractivity contribution in [1.82, 2.24) is 0 Å². The van der Waals surface area contributed by atoms with Crippen LogP contribution >= 0.6 is 22.6 Å². The fourth-order valence-corrected chi connectivity index (χ4v) is 2.53. The zero-order valence-corrected chi connectivity index (χ0v) is 9.53. The van der Waals surface area contributed by atoms with Crippen molar-refractivity contribution in [2.24, 2.45) is 4.99 Å². The third kappa shape index (κ3) is 1.28. The van der Waals surface area contributed by atoms with Gasteiger partial charge in [-0.05, 0) is 24.1 Å². The topological polar surface area (TPSA) is 32.6 Å². The fraction of sp³-hybridized carbons (Fsp3) is 0.300. The van der Waals surface area contributed by atoms with Crippen molar-refractivity contribution in [3.8, 4) is 0 Å². The minimum Gasteiger partial charge on any atom is -0.396 e. The van der Waals surface area contributed by atoms with Gasteiger partial charge in [0, 0.05) is 12.8 Å². The SMILES string of the molecule is OCCC1=CN=C2C=CC=C(F)C12I. The van der Waals surface area contributed by atoms with Crippen LogP contribution < -0.4 is 0 Å². The number of halogens is 2. The average molecular weight is 305 g/mol. The molecule has 14 heavy (non-hydrogen) atoms. The Morgan fingerprint density at radius 1 is 1.57 bits per heavy atom. The van der Waals surface area contributed by atoms with E-state index in [1.54, 1.807) is 18.4 Å². The highest BCUT2D eigenvalue weighted by molar-refractivity contribution is 14.1. The molecule has 0 aromatic rings. The summed E-state index contributed by atoms with van der Waals surface area (Å²) in [4.78, 5) is 4.15. The van der Waals surface area contributed by atoms with E-state index in [-0.39, 0.29) is 12.4 Å². The molecule has 2 aliphatic rings. The van der Waals surface area contributed by atoms with Gasteiger partial charge in [0.05, 0.1) is 5.71 Å². The van der Waals surface area contributed by atoms with Gasteiger partial charge >= 0.3 is 0 Å². The fourth-order valence-electron chi connectivity index (χ4n) is 1.62. The summed E-state index contributed by atoms with van der Waals surface area (Å²) in [5.74, 6) is -0.212. The molecule has 0 bridgehead atoms. The van der Waals surface area contributed by atoms with Crippen LogP contribution in [0.4, 0.5) is 4.39 Å². The Kier molecular flexibility index (Phi) is 2.57. The molecule has 0 fully saturated rings. The summed E-state index contributed by atoms with van der Waals surface area (Å²) in [6.45, 7) is 0.0242. The van der Waals surface area contributed by atoms with E-state index in [1.807, 2.05) is 22.6 Å². The highest BCUT2D eigenvalue weighted by Gasteiger charge is 2.43. The summed E-state index contributed by atoms with van der Waals surface area (Å²) < 4.78 is 12.9. The van der Waals surface area contributed by atoms with E-state index >= 15 is 0 Å². The van der Waals surface area contributed by atoms with Gasteiger partial charge in [0.15, 0.2) is 0 Å². The Labute approximate surface area is 95.1 Å². The van der Waals surface area contributed by atoms with E-state index in [0.717, 1.165) is 5.57 Å². The van der Waals surface area contributed by atoms with Crippen molar-refractivity contribution in [1.29, 1.82) is 0 Å². The predicted octanol–water partition coefficient (Wildman–Crippen LogP) is 2.30. The number of allylic oxidation sites excluding steroid dienone is 4. The summed E-state index contributed by atoms with van der Waals surface area (Å²) in [6, 6.07) is 0. The van der Waals surface area contributed by atoms with E-state index in [1.165, 1.54) is 6.08 Å². The van der Waals surface area contributed by atoms with Crippen molar-refractivity contribution < 1.29 is 9.50 Å². The number of hydrogen-bond acceptors (Lipinski definition) is 2. The van der Waals surface area contributed by atoms with Crippen molar-refractivity contribution in [3.63, 3.8) is 0 Å². The molecule has 0 saturated heterocycles. The number of nitrogens with zero attached hydrogens (tertiary/aromatic N) is 1. The Hall–Kier alpha value is -0.490. The molecule has 4 heteroatoms. The molecule has 0 aromatic heterocycles. The molecule has 74 valence electrons. The number of hydrogen-bond donors (Lipinski definition) is 1. The monoisotopic (exact) mass is 305 g/mol. The number of aliphatic hydroxyl groups is 1. The van der Waals surface area contributed by atoms with E-state index in [2.05, 4.69) is 4.99 Å². The van der Waals surface area contributed by atoms with E-state index in [0.29, 0.717) is 12.1 Å². The molecule has 0 aromatic carbocycles. The van der Waals surface area contributed by atoms with Crippen molar-refractivity contribution in [2.75, 3.05) is 6.61 Å². The molecule has 0 spiro atoms. The molecule has 2 rings (SSSR count). The quantitative estimate of drug-likeness (QED) is 0.616. The maximum atomic E-state index is 13.7. The number of aliphatic hydroxyl groups excluding tert-OH is 1. The van der Waals surface area contributed by atoms with Gasteiger partial charge in [-0.15, -0.1) is 0 Å². The lowest BCUT2D eigenvalue weighted by Gasteiger charge is -2.26. The first-order valence-electron chi connectivity index (χ1n) is 4.31. The minimum absolute atomic E-state index is 0.0242. The Bertz CT molecular complexity index is 384. The van der Waals surface area contributed by atoms with Gasteiger partial charge in [-0.25, -0.2) is 4.39 Å². The Balaban J connectivity index is 2.39. The van der Waals surface area contributed by atoms with Crippen LogP contribution in [-0.2, 0) is 0 Å². The van der Waals surface area contributed by atoms with Gasteiger partial charge in [-0.3, -0.25) is 4.99 Å². The second kappa shape index (κ2) is 3.58. The highest BCUT2D eigenvalue weighted by atomic mass is 127. The molecule has 1 unspecified atom stereocenters. The second-order valence-corrected chi connectivity index (χ2v) is 4.79. The summed E-state index contributed by atoms with van der Waals surface area (Å²) in [5, 5.41) is 8.86. The third-order valence-electron chi connectivity index (χ3n) is 2.36. The summed E-state index contributed by atoms with van der Waals surface area (Å²) in [5.41, 5.74) is 1.54. The van der Waals surface area contributed by atoms with Crippen molar-refractivity contribution in [3.05, 3.63) is 35.8 Å². The van der Waals surface area contributed by atoms with Crippen LogP contribution in [0.15, 0.2) is 40.8 Å². The van der Waals surface area contributed by atoms with Crippen LogP contribution in [0.1, 0.15) is 6.42 Å². The molecule has 1 aliphatic carbocycles. The zero-order valence-electron chi connectivity index (χ0n) is 7.37. The summed E-state index contributed by atoms with van der Waals surface area (Å²) in [6.07, 6.45) is 7.02. The van der Waals surface area contributed by atoms with Gasteiger partial charge < -0.3 is 5.11 Å². The van der Waals surface area contributed by atoms with Gasteiger partial charge in [0.25, 0.3) is 0 Å². The molecule has 1 heterocycles. The first-order chi connectivity index (χ1) is 6.69. The average Bonchev–Trinajstić information content (AvgIpc) is 2.48. The maximum absolute atomic E-state index is 13.7. The van der Waals surface area contributed by atoms with Gasteiger partial charge in [0.1, 0.15) is 9.25 Å². The standard InChI is InChI=1S/C10H9FINO/c11-8-2-1-3-9-10(8,12)7(4-5-14)6-13-9/h1-3,6,14H,4-5H2. The van der Waals surface area contributed by atoms with Crippen LogP contribution in [0.2, 0.25) is 0 Å². The lowest BCUT2D eigenvalue weighted by atomic mass is 9.90. The Morgan fingerprint density at radius 2 is 2.36 bits per heavy atom. The number of fused-ring (bicyclic) bond motifs is 1. The normalized spacial score (nSPS) is 29.5. The second-order valence-electron chi connectivity index (χ2n) is 3.17. The van der Waals surface area contributed by atoms with E-state index < -0.39 is 3.42 Å². The summed E-state index contributed by atoms with van der Waals surface area (Å²) in [7, 11) is 0. The van der Waals surface area contributed by atoms with Gasteiger partial charge in [-0.1, -0.05) is 28.7 Å². The smallest absolute Gasteiger partial charge is 0.138 e. The number of alkyl halides is 1. The first kappa shape index (κ1) is 10.0. The van der Waals surface area contributed by atoms with Crippen LogP contribution in [0.25, 0.3) is 0 Å². The molecule has 2 nitrogen and oxygen atoms in total. The molecule has 1 N–H and O–H groups in total. The van der Waals surface area contributed by atoms with Crippen LogP contribution in [0.3, 0.4) is 0 Å². The largest absolute Gasteiger partial charge is 0.396 e. The van der Waals surface area contributed by atoms with Crippen LogP contribution in [0, 0.1) is 0 Å². The van der Waals surface area contributed by atoms with Crippen LogP contribution in [0.5, 0.6) is 0 Å². The molecule has 1 aliphatic heterocycles. The van der Waals surface area contributed by atoms with Crippen LogP contribution in [-0.4, -0.2) is 20.8 Å². The third-order valence-corrected chi connectivity index (χ3v) is 4.12. The zero-order chi connectivity index (χ0) is 10.2. The molecule has 0 amide bonds. The molecule has 1 atom stereocenters. The molecular weight excluding hydrogens is 296 g/mol. The van der Waals surface area contributed by atoms with Gasteiger partial charge in [-0.2, -0.15) is 0 Å². The van der Waals surface area contributed by atoms with Crippen molar-refractivity contribution >= 4 is 28.3 Å². The predicted molar refractivity (Wildman–Crippen MR) is 62.3 cm³/mol. The van der Waals surface area contributed by atoms with E-state index in [9.17, 15) is 4.39 Å². The lowest BCUT2D eigenvalue weighted by Crippen LogP contribution is -2.32. The maximum Gasteiger partial charge on any atom is 0.138 e. The molecule has 0 radical (unpaired) electrons. The highest BCUT2D eigenvalue weighted by Crippen LogP contribution is 2.44. The van der Waals surface area contributed by atoms with Crippen molar-refractivity contribution in [2.45, 2.75) is 9.84 Å². The molecule has 0 saturated carbocycles. The van der Waals surface area contributed by atoms with E-state index in [4.69, 9.17) is 5.11 Å². The van der Waals surface area contributed by atoms with Gasteiger partial charge in [0.2, 0.25) is 0 Å². The number of rotatable bonds is 2. The molecular formula is C10H9FINO. The summed E-state index contributed by atoms with van der Waals surface area (Å²) >= 11 is 2.05. The number of aliphatic imine (C=N–C) groups is 1.